The SMILES string of the molecule is Cc1cc(NC(=O)CCC(=O)N(CCC(C)C)[C@H](C(=O)NC2CCCC2)c2ccccc2C)no1. The summed E-state index contributed by atoms with van der Waals surface area (Å²) in [6.45, 7) is 8.33. The zero-order chi connectivity index (χ0) is 25.4. The summed E-state index contributed by atoms with van der Waals surface area (Å²) >= 11 is 0. The number of carbonyl (C=O) groups excluding carboxylic acids is 3. The summed E-state index contributed by atoms with van der Waals surface area (Å²) in [5.74, 6) is 0.589. The van der Waals surface area contributed by atoms with Gasteiger partial charge in [0.05, 0.1) is 0 Å². The molecule has 1 aliphatic rings. The predicted octanol–water partition coefficient (Wildman–Crippen LogP) is 4.68. The highest BCUT2D eigenvalue weighted by Crippen LogP contribution is 2.28. The number of aromatic nitrogens is 1. The number of rotatable bonds is 11. The molecule has 190 valence electrons. The van der Waals surface area contributed by atoms with Crippen molar-refractivity contribution in [3.63, 3.8) is 0 Å². The van der Waals surface area contributed by atoms with E-state index in [1.54, 1.807) is 17.9 Å². The highest BCUT2D eigenvalue weighted by molar-refractivity contribution is 5.94. The molecule has 1 saturated carbocycles. The van der Waals surface area contributed by atoms with E-state index in [2.05, 4.69) is 29.6 Å². The lowest BCUT2D eigenvalue weighted by Crippen LogP contribution is -2.47. The van der Waals surface area contributed by atoms with Crippen molar-refractivity contribution >= 4 is 23.5 Å². The summed E-state index contributed by atoms with van der Waals surface area (Å²) in [5, 5.41) is 9.61. The molecule has 1 fully saturated rings. The Hall–Kier alpha value is -3.16. The van der Waals surface area contributed by atoms with Crippen LogP contribution >= 0.6 is 0 Å². The van der Waals surface area contributed by atoms with Crippen LogP contribution in [0.1, 0.15) is 81.7 Å². The average Bonchev–Trinajstić information content (AvgIpc) is 3.47. The van der Waals surface area contributed by atoms with Gasteiger partial charge in [-0.05, 0) is 50.2 Å². The fourth-order valence-corrected chi connectivity index (χ4v) is 4.48. The molecule has 1 heterocycles. The van der Waals surface area contributed by atoms with Crippen LogP contribution in [0.5, 0.6) is 0 Å². The van der Waals surface area contributed by atoms with Crippen molar-refractivity contribution in [1.29, 1.82) is 0 Å². The predicted molar refractivity (Wildman–Crippen MR) is 135 cm³/mol. The first-order chi connectivity index (χ1) is 16.7. The Labute approximate surface area is 207 Å². The van der Waals surface area contributed by atoms with Crippen molar-refractivity contribution in [3.8, 4) is 0 Å². The van der Waals surface area contributed by atoms with Gasteiger partial charge in [0.1, 0.15) is 11.8 Å². The van der Waals surface area contributed by atoms with Gasteiger partial charge in [0.15, 0.2) is 5.82 Å². The van der Waals surface area contributed by atoms with E-state index in [9.17, 15) is 14.4 Å². The van der Waals surface area contributed by atoms with Crippen LogP contribution in [0.4, 0.5) is 5.82 Å². The number of anilines is 1. The zero-order valence-electron chi connectivity index (χ0n) is 21.3. The number of nitrogens with zero attached hydrogens (tertiary/aromatic N) is 2. The van der Waals surface area contributed by atoms with Crippen LogP contribution < -0.4 is 10.6 Å². The van der Waals surface area contributed by atoms with E-state index in [1.165, 1.54) is 0 Å². The summed E-state index contributed by atoms with van der Waals surface area (Å²) in [6, 6.07) is 8.75. The second kappa shape index (κ2) is 12.5. The number of nitrogens with one attached hydrogen (secondary N) is 2. The molecular weight excluding hydrogens is 444 g/mol. The normalized spacial score (nSPS) is 14.7. The lowest BCUT2D eigenvalue weighted by atomic mass is 9.97. The molecule has 2 N–H and O–H groups in total. The van der Waals surface area contributed by atoms with Gasteiger partial charge in [0.2, 0.25) is 17.7 Å². The number of amides is 3. The summed E-state index contributed by atoms with van der Waals surface area (Å²) in [7, 11) is 0. The van der Waals surface area contributed by atoms with E-state index in [0.717, 1.165) is 43.2 Å². The Morgan fingerprint density at radius 2 is 1.83 bits per heavy atom. The molecule has 1 aromatic carbocycles. The van der Waals surface area contributed by atoms with Gasteiger partial charge in [-0.1, -0.05) is 56.1 Å². The van der Waals surface area contributed by atoms with Gasteiger partial charge in [-0.3, -0.25) is 14.4 Å². The Kier molecular flexibility index (Phi) is 9.46. The van der Waals surface area contributed by atoms with Gasteiger partial charge in [0.25, 0.3) is 0 Å². The first-order valence-electron chi connectivity index (χ1n) is 12.6. The fraction of sp³-hybridized carbons (Fsp3) is 0.556. The Morgan fingerprint density at radius 1 is 1.11 bits per heavy atom. The maximum absolute atomic E-state index is 13.6. The van der Waals surface area contributed by atoms with E-state index < -0.39 is 6.04 Å². The first kappa shape index (κ1) is 26.4. The van der Waals surface area contributed by atoms with Crippen LogP contribution in [0.15, 0.2) is 34.9 Å². The molecule has 3 amide bonds. The molecule has 1 aliphatic carbocycles. The lowest BCUT2D eigenvalue weighted by Gasteiger charge is -2.33. The third-order valence-electron chi connectivity index (χ3n) is 6.47. The Bertz CT molecular complexity index is 1010. The molecule has 0 unspecified atom stereocenters. The van der Waals surface area contributed by atoms with E-state index in [4.69, 9.17) is 4.52 Å². The Balaban J connectivity index is 1.79. The molecule has 0 radical (unpaired) electrons. The molecule has 1 atom stereocenters. The number of benzene rings is 1. The number of hydrogen-bond donors (Lipinski definition) is 2. The van der Waals surface area contributed by atoms with Crippen molar-refractivity contribution in [2.24, 2.45) is 5.92 Å². The fourth-order valence-electron chi connectivity index (χ4n) is 4.48. The van der Waals surface area contributed by atoms with Crippen LogP contribution in [-0.4, -0.2) is 40.4 Å². The zero-order valence-corrected chi connectivity index (χ0v) is 21.3. The summed E-state index contributed by atoms with van der Waals surface area (Å²) in [4.78, 5) is 41.2. The molecule has 1 aromatic heterocycles. The molecule has 8 nitrogen and oxygen atoms in total. The maximum atomic E-state index is 13.6. The summed E-state index contributed by atoms with van der Waals surface area (Å²) < 4.78 is 4.97. The molecule has 0 aliphatic heterocycles. The first-order valence-corrected chi connectivity index (χ1v) is 12.6. The van der Waals surface area contributed by atoms with Gasteiger partial charge in [-0.2, -0.15) is 0 Å². The third kappa shape index (κ3) is 7.67. The monoisotopic (exact) mass is 482 g/mol. The molecule has 35 heavy (non-hydrogen) atoms. The summed E-state index contributed by atoms with van der Waals surface area (Å²) in [6.07, 6.45) is 4.90. The van der Waals surface area contributed by atoms with Crippen LogP contribution in [-0.2, 0) is 14.4 Å². The van der Waals surface area contributed by atoms with E-state index >= 15 is 0 Å². The number of carbonyl (C=O) groups is 3. The highest BCUT2D eigenvalue weighted by Gasteiger charge is 2.33. The molecule has 2 aromatic rings. The van der Waals surface area contributed by atoms with Crippen molar-refractivity contribution in [3.05, 3.63) is 47.2 Å². The molecule has 0 bridgehead atoms. The minimum Gasteiger partial charge on any atom is -0.360 e. The minimum absolute atomic E-state index is 0.000147. The summed E-state index contributed by atoms with van der Waals surface area (Å²) in [5.41, 5.74) is 1.78. The van der Waals surface area contributed by atoms with Crippen molar-refractivity contribution in [1.82, 2.24) is 15.4 Å². The lowest BCUT2D eigenvalue weighted by molar-refractivity contribution is -0.142. The van der Waals surface area contributed by atoms with Gasteiger partial charge >= 0.3 is 0 Å². The van der Waals surface area contributed by atoms with Crippen LogP contribution in [0, 0.1) is 19.8 Å². The average molecular weight is 483 g/mol. The van der Waals surface area contributed by atoms with Crippen LogP contribution in [0.3, 0.4) is 0 Å². The van der Waals surface area contributed by atoms with Crippen LogP contribution in [0.2, 0.25) is 0 Å². The standard InChI is InChI=1S/C27H38N4O4/c1-18(2)15-16-31(25(33)14-13-24(32)29-23-17-20(4)35-30-23)26(22-12-8-5-9-19(22)3)27(34)28-21-10-6-7-11-21/h5,8-9,12,17-18,21,26H,6-7,10-11,13-16H2,1-4H3,(H,28,34)(H,29,30,32)/t26-/m0/s1. The quantitative estimate of drug-likeness (QED) is 0.484. The highest BCUT2D eigenvalue weighted by atomic mass is 16.5. The van der Waals surface area contributed by atoms with E-state index in [-0.39, 0.29) is 36.6 Å². The van der Waals surface area contributed by atoms with Gasteiger partial charge in [-0.25, -0.2) is 0 Å². The van der Waals surface area contributed by atoms with Gasteiger partial charge in [-0.15, -0.1) is 0 Å². The second-order valence-electron chi connectivity index (χ2n) is 9.89. The molecule has 8 heteroatoms. The third-order valence-corrected chi connectivity index (χ3v) is 6.47. The van der Waals surface area contributed by atoms with Gasteiger partial charge < -0.3 is 20.1 Å². The molecular formula is C27H38N4O4. The molecule has 0 spiro atoms. The minimum atomic E-state index is -0.732. The van der Waals surface area contributed by atoms with E-state index in [1.807, 2.05) is 31.2 Å². The van der Waals surface area contributed by atoms with Gasteiger partial charge in [0, 0.05) is 31.5 Å². The number of hydrogen-bond acceptors (Lipinski definition) is 5. The maximum Gasteiger partial charge on any atom is 0.247 e. The largest absolute Gasteiger partial charge is 0.360 e. The van der Waals surface area contributed by atoms with Crippen LogP contribution in [0.25, 0.3) is 0 Å². The second-order valence-corrected chi connectivity index (χ2v) is 9.89. The van der Waals surface area contributed by atoms with E-state index in [0.29, 0.717) is 24.0 Å². The van der Waals surface area contributed by atoms with Crippen molar-refractivity contribution < 1.29 is 18.9 Å². The van der Waals surface area contributed by atoms with Crippen molar-refractivity contribution in [2.45, 2.75) is 84.7 Å². The molecule has 3 rings (SSSR count). The van der Waals surface area contributed by atoms with Crippen molar-refractivity contribution in [2.75, 3.05) is 11.9 Å². The smallest absolute Gasteiger partial charge is 0.247 e. The Morgan fingerprint density at radius 3 is 2.46 bits per heavy atom. The number of aryl methyl sites for hydroxylation is 2. The molecule has 0 saturated heterocycles. The topological polar surface area (TPSA) is 105 Å².